The molecule has 1 amide bonds. The number of aromatic nitrogens is 2. The zero-order valence-electron chi connectivity index (χ0n) is 11.8. The van der Waals surface area contributed by atoms with Gasteiger partial charge in [-0.3, -0.25) is 4.79 Å². The molecule has 1 unspecified atom stereocenters. The average molecular weight is 289 g/mol. The van der Waals surface area contributed by atoms with Crippen LogP contribution < -0.4 is 0 Å². The molecule has 0 aliphatic carbocycles. The fourth-order valence-corrected chi connectivity index (χ4v) is 2.61. The molecule has 0 spiro atoms. The first-order chi connectivity index (χ1) is 10.2. The molecule has 21 heavy (non-hydrogen) atoms. The van der Waals surface area contributed by atoms with Gasteiger partial charge >= 0.3 is 0 Å². The second-order valence-electron chi connectivity index (χ2n) is 5.06. The van der Waals surface area contributed by atoms with Crippen molar-refractivity contribution in [3.8, 4) is 11.4 Å². The summed E-state index contributed by atoms with van der Waals surface area (Å²) in [6, 6.07) is 5.78. The molecule has 6 heteroatoms. The van der Waals surface area contributed by atoms with Crippen LogP contribution in [0.4, 0.5) is 4.39 Å². The summed E-state index contributed by atoms with van der Waals surface area (Å²) >= 11 is 0. The van der Waals surface area contributed by atoms with Crippen LogP contribution in [0, 0.1) is 5.82 Å². The molecule has 2 heterocycles. The highest BCUT2D eigenvalue weighted by atomic mass is 19.1. The van der Waals surface area contributed by atoms with Crippen molar-refractivity contribution >= 4 is 5.91 Å². The first-order valence-corrected chi connectivity index (χ1v) is 7.08. The number of hydrogen-bond donors (Lipinski definition) is 0. The molecule has 1 fully saturated rings. The second kappa shape index (κ2) is 5.63. The standard InChI is InChI=1S/C15H16FN3O2/c1-2-13(20)19-9-3-4-12(19)15-17-14(18-21-15)10-5-7-11(16)8-6-10/h5-8,12H,2-4,9H2,1H3. The second-order valence-corrected chi connectivity index (χ2v) is 5.06. The van der Waals surface area contributed by atoms with Crippen LogP contribution in [0.15, 0.2) is 28.8 Å². The molecule has 1 saturated heterocycles. The Hall–Kier alpha value is -2.24. The normalized spacial score (nSPS) is 18.2. The van der Waals surface area contributed by atoms with Gasteiger partial charge in [-0.15, -0.1) is 0 Å². The van der Waals surface area contributed by atoms with Crippen molar-refractivity contribution in [3.05, 3.63) is 36.0 Å². The Balaban J connectivity index is 1.84. The van der Waals surface area contributed by atoms with E-state index in [9.17, 15) is 9.18 Å². The fourth-order valence-electron chi connectivity index (χ4n) is 2.61. The number of rotatable bonds is 3. The summed E-state index contributed by atoms with van der Waals surface area (Å²) in [6.07, 6.45) is 2.23. The number of benzene rings is 1. The maximum atomic E-state index is 12.9. The van der Waals surface area contributed by atoms with E-state index in [1.165, 1.54) is 12.1 Å². The Kier molecular flexibility index (Phi) is 3.68. The molecule has 2 aromatic rings. The fraction of sp³-hybridized carbons (Fsp3) is 0.400. The lowest BCUT2D eigenvalue weighted by Gasteiger charge is -2.20. The highest BCUT2D eigenvalue weighted by Crippen LogP contribution is 2.32. The van der Waals surface area contributed by atoms with Gasteiger partial charge in [-0.05, 0) is 37.1 Å². The van der Waals surface area contributed by atoms with E-state index < -0.39 is 0 Å². The lowest BCUT2D eigenvalue weighted by molar-refractivity contribution is -0.132. The highest BCUT2D eigenvalue weighted by molar-refractivity contribution is 5.76. The van der Waals surface area contributed by atoms with Crippen molar-refractivity contribution in [1.82, 2.24) is 15.0 Å². The molecule has 1 aliphatic heterocycles. The van der Waals surface area contributed by atoms with Gasteiger partial charge in [0.1, 0.15) is 11.9 Å². The van der Waals surface area contributed by atoms with Crippen LogP contribution in [-0.2, 0) is 4.79 Å². The Morgan fingerprint density at radius 1 is 1.43 bits per heavy atom. The first kappa shape index (κ1) is 13.7. The Labute approximate surface area is 121 Å². The summed E-state index contributed by atoms with van der Waals surface area (Å²) in [4.78, 5) is 18.1. The monoisotopic (exact) mass is 289 g/mol. The molecule has 0 radical (unpaired) electrons. The molecule has 1 aromatic carbocycles. The third-order valence-electron chi connectivity index (χ3n) is 3.70. The summed E-state index contributed by atoms with van der Waals surface area (Å²) < 4.78 is 18.2. The summed E-state index contributed by atoms with van der Waals surface area (Å²) in [7, 11) is 0. The van der Waals surface area contributed by atoms with Crippen molar-refractivity contribution in [2.75, 3.05) is 6.54 Å². The molecule has 1 atom stereocenters. The van der Waals surface area contributed by atoms with E-state index in [1.54, 1.807) is 17.0 Å². The summed E-state index contributed by atoms with van der Waals surface area (Å²) in [5, 5.41) is 3.93. The van der Waals surface area contributed by atoms with E-state index in [2.05, 4.69) is 10.1 Å². The van der Waals surface area contributed by atoms with Crippen molar-refractivity contribution < 1.29 is 13.7 Å². The molecule has 0 bridgehead atoms. The largest absolute Gasteiger partial charge is 0.337 e. The predicted molar refractivity (Wildman–Crippen MR) is 73.7 cm³/mol. The third kappa shape index (κ3) is 2.66. The number of likely N-dealkylation sites (tertiary alicyclic amines) is 1. The molecule has 5 nitrogen and oxygen atoms in total. The SMILES string of the molecule is CCC(=O)N1CCCC1c1nc(-c2ccc(F)cc2)no1. The number of hydrogen-bond acceptors (Lipinski definition) is 4. The van der Waals surface area contributed by atoms with Crippen LogP contribution in [0.25, 0.3) is 11.4 Å². The zero-order chi connectivity index (χ0) is 14.8. The summed E-state index contributed by atoms with van der Waals surface area (Å²) in [6.45, 7) is 2.57. The van der Waals surface area contributed by atoms with Crippen molar-refractivity contribution in [3.63, 3.8) is 0 Å². The van der Waals surface area contributed by atoms with Gasteiger partial charge in [0.05, 0.1) is 0 Å². The predicted octanol–water partition coefficient (Wildman–Crippen LogP) is 2.95. The number of carbonyl (C=O) groups excluding carboxylic acids is 1. The van der Waals surface area contributed by atoms with Crippen LogP contribution in [0.2, 0.25) is 0 Å². The molecule has 0 N–H and O–H groups in total. The van der Waals surface area contributed by atoms with Gasteiger partial charge < -0.3 is 9.42 Å². The van der Waals surface area contributed by atoms with Gasteiger partial charge in [-0.2, -0.15) is 4.98 Å². The van der Waals surface area contributed by atoms with Crippen LogP contribution in [0.1, 0.15) is 38.1 Å². The van der Waals surface area contributed by atoms with E-state index >= 15 is 0 Å². The summed E-state index contributed by atoms with van der Waals surface area (Å²) in [5.74, 6) is 0.659. The molecule has 1 aliphatic rings. The van der Waals surface area contributed by atoms with Crippen LogP contribution in [0.5, 0.6) is 0 Å². The number of carbonyl (C=O) groups is 1. The minimum absolute atomic E-state index is 0.0963. The van der Waals surface area contributed by atoms with Crippen molar-refractivity contribution in [1.29, 1.82) is 0 Å². The van der Waals surface area contributed by atoms with Crippen LogP contribution in [-0.4, -0.2) is 27.5 Å². The van der Waals surface area contributed by atoms with E-state index in [-0.39, 0.29) is 17.8 Å². The lowest BCUT2D eigenvalue weighted by atomic mass is 10.2. The quantitative estimate of drug-likeness (QED) is 0.871. The van der Waals surface area contributed by atoms with Gasteiger partial charge in [-0.1, -0.05) is 12.1 Å². The van der Waals surface area contributed by atoms with Gasteiger partial charge in [-0.25, -0.2) is 4.39 Å². The smallest absolute Gasteiger partial charge is 0.249 e. The number of halogens is 1. The number of nitrogens with zero attached hydrogens (tertiary/aromatic N) is 3. The topological polar surface area (TPSA) is 59.2 Å². The maximum Gasteiger partial charge on any atom is 0.249 e. The molecule has 0 saturated carbocycles. The zero-order valence-corrected chi connectivity index (χ0v) is 11.8. The number of amides is 1. The van der Waals surface area contributed by atoms with Crippen molar-refractivity contribution in [2.45, 2.75) is 32.2 Å². The molecule has 110 valence electrons. The Morgan fingerprint density at radius 2 is 2.19 bits per heavy atom. The van der Waals surface area contributed by atoms with Gasteiger partial charge in [0.25, 0.3) is 0 Å². The van der Waals surface area contributed by atoms with E-state index in [0.717, 1.165) is 19.4 Å². The molecule has 1 aromatic heterocycles. The minimum atomic E-state index is -0.307. The van der Waals surface area contributed by atoms with Crippen LogP contribution >= 0.6 is 0 Å². The Bertz CT molecular complexity index is 639. The van der Waals surface area contributed by atoms with Gasteiger partial charge in [0.2, 0.25) is 17.6 Å². The first-order valence-electron chi connectivity index (χ1n) is 7.08. The Morgan fingerprint density at radius 3 is 2.90 bits per heavy atom. The maximum absolute atomic E-state index is 12.9. The van der Waals surface area contributed by atoms with Gasteiger partial charge in [0, 0.05) is 18.5 Å². The van der Waals surface area contributed by atoms with E-state index in [1.807, 2.05) is 6.92 Å². The van der Waals surface area contributed by atoms with E-state index in [0.29, 0.717) is 23.7 Å². The van der Waals surface area contributed by atoms with Gasteiger partial charge in [0.15, 0.2) is 0 Å². The average Bonchev–Trinajstić information content (AvgIpc) is 3.15. The van der Waals surface area contributed by atoms with Crippen molar-refractivity contribution in [2.24, 2.45) is 0 Å². The molecule has 3 rings (SSSR count). The molecular weight excluding hydrogens is 273 g/mol. The summed E-state index contributed by atoms with van der Waals surface area (Å²) in [5.41, 5.74) is 0.692. The van der Waals surface area contributed by atoms with E-state index in [4.69, 9.17) is 4.52 Å². The molecular formula is C15H16FN3O2. The lowest BCUT2D eigenvalue weighted by Crippen LogP contribution is -2.29. The third-order valence-corrected chi connectivity index (χ3v) is 3.70. The van der Waals surface area contributed by atoms with Crippen LogP contribution in [0.3, 0.4) is 0 Å². The highest BCUT2D eigenvalue weighted by Gasteiger charge is 2.33. The minimum Gasteiger partial charge on any atom is -0.337 e.